The lowest BCUT2D eigenvalue weighted by Gasteiger charge is -2.29. The lowest BCUT2D eigenvalue weighted by Crippen LogP contribution is -2.45. The number of hydrogen-bond donors (Lipinski definition) is 2. The van der Waals surface area contributed by atoms with Crippen LogP contribution in [0, 0.1) is 0 Å². The highest BCUT2D eigenvalue weighted by Gasteiger charge is 2.26. The number of hydrogen-bond acceptors (Lipinski definition) is 3. The molecule has 3 atom stereocenters. The molecule has 0 spiro atoms. The van der Waals surface area contributed by atoms with Crippen molar-refractivity contribution in [2.24, 2.45) is 0 Å². The highest BCUT2D eigenvalue weighted by molar-refractivity contribution is 7.85. The molecule has 2 amide bonds. The molecule has 1 fully saturated rings. The number of amides is 2. The molecule has 0 unspecified atom stereocenters. The predicted octanol–water partition coefficient (Wildman–Crippen LogP) is 2.63. The molecular formula is C14H22N2O2S2. The summed E-state index contributed by atoms with van der Waals surface area (Å²) in [5, 5.41) is 8.13. The number of carbonyl (C=O) groups is 1. The van der Waals surface area contributed by atoms with Crippen LogP contribution in [-0.4, -0.2) is 27.3 Å². The maximum atomic E-state index is 11.9. The Bertz CT molecular complexity index is 448. The van der Waals surface area contributed by atoms with Crippen molar-refractivity contribution < 1.29 is 9.00 Å². The number of urea groups is 1. The fourth-order valence-corrected chi connectivity index (χ4v) is 4.56. The van der Waals surface area contributed by atoms with E-state index in [9.17, 15) is 9.00 Å². The van der Waals surface area contributed by atoms with Crippen LogP contribution in [0.1, 0.15) is 37.5 Å². The normalized spacial score (nSPS) is 24.1. The Morgan fingerprint density at radius 1 is 1.50 bits per heavy atom. The molecule has 1 saturated carbocycles. The summed E-state index contributed by atoms with van der Waals surface area (Å²) < 4.78 is 11.9. The molecule has 1 aromatic heterocycles. The molecule has 4 nitrogen and oxygen atoms in total. The second kappa shape index (κ2) is 7.78. The van der Waals surface area contributed by atoms with Crippen molar-refractivity contribution in [3.8, 4) is 0 Å². The average molecular weight is 314 g/mol. The summed E-state index contributed by atoms with van der Waals surface area (Å²) in [4.78, 5) is 13.0. The van der Waals surface area contributed by atoms with E-state index >= 15 is 0 Å². The SMILES string of the molecule is CC[S@@](=O)[C@H]1CCC[C@H](NC(=O)NCc2cccs2)C1. The lowest BCUT2D eigenvalue weighted by molar-refractivity contribution is 0.232. The van der Waals surface area contributed by atoms with Gasteiger partial charge in [-0.2, -0.15) is 0 Å². The Hall–Kier alpha value is -0.880. The van der Waals surface area contributed by atoms with Gasteiger partial charge in [-0.3, -0.25) is 4.21 Å². The van der Waals surface area contributed by atoms with E-state index in [-0.39, 0.29) is 17.3 Å². The third kappa shape index (κ3) is 4.59. The molecule has 0 aromatic carbocycles. The zero-order valence-corrected chi connectivity index (χ0v) is 13.4. The smallest absolute Gasteiger partial charge is 0.315 e. The Morgan fingerprint density at radius 2 is 2.35 bits per heavy atom. The molecule has 0 bridgehead atoms. The van der Waals surface area contributed by atoms with Gasteiger partial charge in [0.15, 0.2) is 0 Å². The van der Waals surface area contributed by atoms with Crippen LogP contribution < -0.4 is 10.6 Å². The number of rotatable bonds is 5. The van der Waals surface area contributed by atoms with Crippen LogP contribution >= 0.6 is 11.3 Å². The summed E-state index contributed by atoms with van der Waals surface area (Å²) in [6.45, 7) is 2.53. The summed E-state index contributed by atoms with van der Waals surface area (Å²) in [6.07, 6.45) is 3.90. The average Bonchev–Trinajstić information content (AvgIpc) is 2.98. The van der Waals surface area contributed by atoms with Gasteiger partial charge in [0.2, 0.25) is 0 Å². The minimum absolute atomic E-state index is 0.119. The van der Waals surface area contributed by atoms with Gasteiger partial charge in [-0.25, -0.2) is 4.79 Å². The molecule has 2 N–H and O–H groups in total. The maximum Gasteiger partial charge on any atom is 0.315 e. The molecule has 112 valence electrons. The number of thiophene rings is 1. The van der Waals surface area contributed by atoms with Gasteiger partial charge in [0.05, 0.1) is 6.54 Å². The van der Waals surface area contributed by atoms with Crippen molar-refractivity contribution in [1.29, 1.82) is 0 Å². The highest BCUT2D eigenvalue weighted by Crippen LogP contribution is 2.22. The fourth-order valence-electron chi connectivity index (χ4n) is 2.57. The monoisotopic (exact) mass is 314 g/mol. The summed E-state index contributed by atoms with van der Waals surface area (Å²) in [5.41, 5.74) is 0. The first-order valence-electron chi connectivity index (χ1n) is 7.13. The van der Waals surface area contributed by atoms with Crippen LogP contribution in [0.4, 0.5) is 4.79 Å². The van der Waals surface area contributed by atoms with Crippen molar-refractivity contribution in [3.63, 3.8) is 0 Å². The summed E-state index contributed by atoms with van der Waals surface area (Å²) in [5.74, 6) is 0.710. The largest absolute Gasteiger partial charge is 0.335 e. The van der Waals surface area contributed by atoms with Crippen LogP contribution in [0.15, 0.2) is 17.5 Å². The fraction of sp³-hybridized carbons (Fsp3) is 0.643. The molecule has 6 heteroatoms. The number of nitrogens with one attached hydrogen (secondary N) is 2. The van der Waals surface area contributed by atoms with Crippen LogP contribution in [0.25, 0.3) is 0 Å². The minimum Gasteiger partial charge on any atom is -0.335 e. The Morgan fingerprint density at radius 3 is 3.05 bits per heavy atom. The topological polar surface area (TPSA) is 58.2 Å². The highest BCUT2D eigenvalue weighted by atomic mass is 32.2. The van der Waals surface area contributed by atoms with E-state index in [1.54, 1.807) is 11.3 Å². The van der Waals surface area contributed by atoms with E-state index in [0.29, 0.717) is 12.3 Å². The second-order valence-electron chi connectivity index (χ2n) is 5.06. The summed E-state index contributed by atoms with van der Waals surface area (Å²) in [6, 6.07) is 4.02. The molecule has 20 heavy (non-hydrogen) atoms. The molecule has 0 radical (unpaired) electrons. The van der Waals surface area contributed by atoms with Gasteiger partial charge in [0.1, 0.15) is 0 Å². The van der Waals surface area contributed by atoms with E-state index in [0.717, 1.165) is 30.6 Å². The van der Waals surface area contributed by atoms with Crippen molar-refractivity contribution in [2.75, 3.05) is 5.75 Å². The van der Waals surface area contributed by atoms with Gasteiger partial charge in [-0.05, 0) is 30.7 Å². The van der Waals surface area contributed by atoms with Crippen LogP contribution in [0.3, 0.4) is 0 Å². The van der Waals surface area contributed by atoms with Gasteiger partial charge in [-0.15, -0.1) is 11.3 Å². The van der Waals surface area contributed by atoms with Crippen molar-refractivity contribution in [3.05, 3.63) is 22.4 Å². The predicted molar refractivity (Wildman–Crippen MR) is 84.4 cm³/mol. The lowest BCUT2D eigenvalue weighted by atomic mass is 9.95. The molecule has 0 aliphatic heterocycles. The van der Waals surface area contributed by atoms with Gasteiger partial charge in [0.25, 0.3) is 0 Å². The zero-order valence-electron chi connectivity index (χ0n) is 11.8. The molecule has 1 aliphatic carbocycles. The first-order chi connectivity index (χ1) is 9.69. The van der Waals surface area contributed by atoms with Crippen molar-refractivity contribution >= 4 is 28.2 Å². The Labute approximate surface area is 126 Å². The molecular weight excluding hydrogens is 292 g/mol. The van der Waals surface area contributed by atoms with E-state index < -0.39 is 10.8 Å². The number of carbonyl (C=O) groups excluding carboxylic acids is 1. The molecule has 1 heterocycles. The zero-order chi connectivity index (χ0) is 14.4. The van der Waals surface area contributed by atoms with Crippen molar-refractivity contribution in [1.82, 2.24) is 10.6 Å². The van der Waals surface area contributed by atoms with E-state index in [4.69, 9.17) is 0 Å². The summed E-state index contributed by atoms with van der Waals surface area (Å²) in [7, 11) is -0.747. The van der Waals surface area contributed by atoms with E-state index in [1.165, 1.54) is 0 Å². The van der Waals surface area contributed by atoms with Gasteiger partial charge < -0.3 is 10.6 Å². The van der Waals surface area contributed by atoms with E-state index in [2.05, 4.69) is 10.6 Å². The first kappa shape index (κ1) is 15.5. The minimum atomic E-state index is -0.747. The van der Waals surface area contributed by atoms with Gasteiger partial charge in [-0.1, -0.05) is 19.4 Å². The van der Waals surface area contributed by atoms with Crippen LogP contribution in [0.2, 0.25) is 0 Å². The Balaban J connectivity index is 1.74. The standard InChI is InChI=1S/C14H22N2O2S2/c1-2-20(18)13-7-3-5-11(9-13)16-14(17)15-10-12-6-4-8-19-12/h4,6,8,11,13H,2-3,5,7,9-10H2,1H3,(H2,15,16,17)/t11-,13-,20+/m0/s1. The maximum absolute atomic E-state index is 11.9. The third-order valence-electron chi connectivity index (χ3n) is 3.62. The first-order valence-corrected chi connectivity index (χ1v) is 9.39. The molecule has 1 aliphatic rings. The second-order valence-corrected chi connectivity index (χ2v) is 8.10. The molecule has 1 aromatic rings. The van der Waals surface area contributed by atoms with Crippen LogP contribution in [-0.2, 0) is 17.3 Å². The van der Waals surface area contributed by atoms with Gasteiger partial charge in [0, 0.05) is 32.7 Å². The van der Waals surface area contributed by atoms with Gasteiger partial charge >= 0.3 is 6.03 Å². The molecule has 2 rings (SSSR count). The third-order valence-corrected chi connectivity index (χ3v) is 6.24. The van der Waals surface area contributed by atoms with E-state index in [1.807, 2.05) is 24.4 Å². The van der Waals surface area contributed by atoms with Crippen LogP contribution in [0.5, 0.6) is 0 Å². The Kier molecular flexibility index (Phi) is 6.04. The summed E-state index contributed by atoms with van der Waals surface area (Å²) >= 11 is 1.64. The molecule has 0 saturated heterocycles. The quantitative estimate of drug-likeness (QED) is 0.878. The van der Waals surface area contributed by atoms with Crippen molar-refractivity contribution in [2.45, 2.75) is 50.4 Å².